The minimum Gasteiger partial charge on any atom is -0.370 e. The first-order chi connectivity index (χ1) is 19.5. The van der Waals surface area contributed by atoms with Crippen molar-refractivity contribution in [3.05, 3.63) is 88.5 Å². The summed E-state index contributed by atoms with van der Waals surface area (Å²) in [5, 5.41) is 8.34. The Bertz CT molecular complexity index is 1620. The topological polar surface area (TPSA) is 125 Å². The van der Waals surface area contributed by atoms with Gasteiger partial charge in [0.15, 0.2) is 9.84 Å². The van der Waals surface area contributed by atoms with Gasteiger partial charge in [-0.2, -0.15) is 0 Å². The molecule has 0 spiro atoms. The number of amides is 3. The number of nitrogens with one attached hydrogen (secondary N) is 3. The zero-order chi connectivity index (χ0) is 29.3. The highest BCUT2D eigenvalue weighted by atomic mass is 32.2. The number of hydrogen-bond acceptors (Lipinski definition) is 6. The van der Waals surface area contributed by atoms with Gasteiger partial charge in [-0.1, -0.05) is 30.3 Å². The smallest absolute Gasteiger partial charge is 0.251 e. The first kappa shape index (κ1) is 28.4. The number of fused-ring (bicyclic) bond motifs is 10. The van der Waals surface area contributed by atoms with Crippen molar-refractivity contribution < 1.29 is 22.8 Å². The second kappa shape index (κ2) is 11.4. The molecule has 0 aromatic heterocycles. The first-order valence-electron chi connectivity index (χ1n) is 13.7. The standard InChI is InChI=1S/C31H34N4O5S/c1-19(2)41(39,40)27-14-13-24-15-23(27)18-35(3)31(38)29(34-25-12-11-22-17-32-30(37)26(22)16-25)21-9-7-20(8-10-21)5-4-6-28(36)33-24/h7-16,19,29,34H,4-6,17-18H2,1-3H3,(H,32,37)(H,33,36)/t29-/m1/s1. The van der Waals surface area contributed by atoms with Crippen molar-refractivity contribution in [2.75, 3.05) is 17.7 Å². The molecule has 0 unspecified atom stereocenters. The van der Waals surface area contributed by atoms with Crippen molar-refractivity contribution in [2.45, 2.75) is 62.4 Å². The van der Waals surface area contributed by atoms with Crippen LogP contribution in [0.15, 0.2) is 65.6 Å². The van der Waals surface area contributed by atoms with Crippen LogP contribution in [-0.2, 0) is 38.9 Å². The van der Waals surface area contributed by atoms with E-state index in [0.717, 1.165) is 16.7 Å². The van der Waals surface area contributed by atoms with Gasteiger partial charge in [-0.25, -0.2) is 8.42 Å². The number of sulfone groups is 1. The number of hydrogen-bond donors (Lipinski definition) is 3. The predicted octanol–water partition coefficient (Wildman–Crippen LogP) is 4.20. The van der Waals surface area contributed by atoms with Crippen LogP contribution in [0.3, 0.4) is 0 Å². The molecular formula is C31H34N4O5S. The molecule has 10 heteroatoms. The lowest BCUT2D eigenvalue weighted by Crippen LogP contribution is -2.35. The van der Waals surface area contributed by atoms with Crippen molar-refractivity contribution in [1.29, 1.82) is 0 Å². The Kier molecular flexibility index (Phi) is 7.86. The molecule has 6 rings (SSSR count). The molecule has 3 aromatic carbocycles. The summed E-state index contributed by atoms with van der Waals surface area (Å²) in [7, 11) is -2.04. The van der Waals surface area contributed by atoms with Gasteiger partial charge in [0.05, 0.1) is 10.1 Å². The van der Waals surface area contributed by atoms with Crippen LogP contribution in [0.25, 0.3) is 0 Å². The van der Waals surface area contributed by atoms with E-state index in [1.54, 1.807) is 39.1 Å². The number of nitrogens with zero attached hydrogens (tertiary/aromatic N) is 1. The highest BCUT2D eigenvalue weighted by Crippen LogP contribution is 2.29. The molecule has 3 aliphatic rings. The van der Waals surface area contributed by atoms with E-state index in [1.807, 2.05) is 36.4 Å². The molecule has 4 bridgehead atoms. The van der Waals surface area contributed by atoms with E-state index >= 15 is 0 Å². The van der Waals surface area contributed by atoms with Crippen LogP contribution >= 0.6 is 0 Å². The van der Waals surface area contributed by atoms with E-state index in [0.29, 0.717) is 48.3 Å². The molecule has 3 heterocycles. The Hall–Kier alpha value is -4.18. The molecule has 3 N–H and O–H groups in total. The quantitative estimate of drug-likeness (QED) is 0.429. The molecule has 214 valence electrons. The van der Waals surface area contributed by atoms with Crippen molar-refractivity contribution in [3.8, 4) is 0 Å². The summed E-state index contributed by atoms with van der Waals surface area (Å²) >= 11 is 0. The normalized spacial score (nSPS) is 17.8. The number of benzene rings is 3. The molecule has 0 aliphatic carbocycles. The van der Waals surface area contributed by atoms with Crippen LogP contribution in [0.2, 0.25) is 0 Å². The molecule has 9 nitrogen and oxygen atoms in total. The highest BCUT2D eigenvalue weighted by molar-refractivity contribution is 7.92. The summed E-state index contributed by atoms with van der Waals surface area (Å²) in [5.41, 5.74) is 4.77. The third-order valence-corrected chi connectivity index (χ3v) is 9.84. The summed E-state index contributed by atoms with van der Waals surface area (Å²) in [6.07, 6.45) is 1.65. The van der Waals surface area contributed by atoms with E-state index in [2.05, 4.69) is 16.0 Å². The van der Waals surface area contributed by atoms with Gasteiger partial charge >= 0.3 is 0 Å². The minimum absolute atomic E-state index is 0.00663. The fourth-order valence-electron chi connectivity index (χ4n) is 5.18. The van der Waals surface area contributed by atoms with Gasteiger partial charge in [-0.05, 0) is 79.3 Å². The van der Waals surface area contributed by atoms with Gasteiger partial charge in [0, 0.05) is 43.5 Å². The lowest BCUT2D eigenvalue weighted by atomic mass is 10.00. The predicted molar refractivity (Wildman–Crippen MR) is 157 cm³/mol. The van der Waals surface area contributed by atoms with E-state index in [4.69, 9.17) is 0 Å². The van der Waals surface area contributed by atoms with Crippen LogP contribution in [0, 0.1) is 0 Å². The van der Waals surface area contributed by atoms with E-state index < -0.39 is 21.1 Å². The maximum Gasteiger partial charge on any atom is 0.251 e. The Morgan fingerprint density at radius 2 is 1.68 bits per heavy atom. The van der Waals surface area contributed by atoms with Crippen LogP contribution in [0.4, 0.5) is 11.4 Å². The van der Waals surface area contributed by atoms with Crippen molar-refractivity contribution in [1.82, 2.24) is 10.2 Å². The second-order valence-electron chi connectivity index (χ2n) is 10.9. The average Bonchev–Trinajstić information content (AvgIpc) is 3.31. The fraction of sp³-hybridized carbons (Fsp3) is 0.323. The summed E-state index contributed by atoms with van der Waals surface area (Å²) in [6.45, 7) is 3.71. The Morgan fingerprint density at radius 1 is 0.927 bits per heavy atom. The molecule has 0 fully saturated rings. The minimum atomic E-state index is -3.66. The molecule has 0 radical (unpaired) electrons. The molecule has 3 aromatic rings. The molecule has 0 saturated carbocycles. The average molecular weight is 575 g/mol. The van der Waals surface area contributed by atoms with Crippen LogP contribution in [0.5, 0.6) is 0 Å². The summed E-state index contributed by atoms with van der Waals surface area (Å²) < 4.78 is 26.5. The van der Waals surface area contributed by atoms with Crippen molar-refractivity contribution in [3.63, 3.8) is 0 Å². The lowest BCUT2D eigenvalue weighted by molar-refractivity contribution is -0.131. The van der Waals surface area contributed by atoms with Crippen LogP contribution < -0.4 is 16.0 Å². The number of likely N-dealkylation sites (N-methyl/N-ethyl adjacent to an activating group) is 1. The van der Waals surface area contributed by atoms with Gasteiger partial charge in [0.2, 0.25) is 11.8 Å². The van der Waals surface area contributed by atoms with Crippen LogP contribution in [0.1, 0.15) is 65.3 Å². The maximum atomic E-state index is 14.0. The molecule has 3 aliphatic heterocycles. The van der Waals surface area contributed by atoms with E-state index in [-0.39, 0.29) is 29.2 Å². The summed E-state index contributed by atoms with van der Waals surface area (Å²) in [4.78, 5) is 40.5. The second-order valence-corrected chi connectivity index (χ2v) is 13.4. The summed E-state index contributed by atoms with van der Waals surface area (Å²) in [5.74, 6) is -0.590. The first-order valence-corrected chi connectivity index (χ1v) is 15.3. The fourth-order valence-corrected chi connectivity index (χ4v) is 6.43. The maximum absolute atomic E-state index is 14.0. The number of carbonyl (C=O) groups excluding carboxylic acids is 3. The van der Waals surface area contributed by atoms with E-state index in [1.165, 1.54) is 11.0 Å². The monoisotopic (exact) mass is 574 g/mol. The lowest BCUT2D eigenvalue weighted by Gasteiger charge is -2.27. The molecule has 0 saturated heterocycles. The third kappa shape index (κ3) is 5.97. The third-order valence-electron chi connectivity index (χ3n) is 7.59. The zero-order valence-electron chi connectivity index (χ0n) is 23.4. The van der Waals surface area contributed by atoms with Gasteiger partial charge in [-0.3, -0.25) is 14.4 Å². The molecule has 41 heavy (non-hydrogen) atoms. The van der Waals surface area contributed by atoms with Gasteiger partial charge in [-0.15, -0.1) is 0 Å². The zero-order valence-corrected chi connectivity index (χ0v) is 24.2. The van der Waals surface area contributed by atoms with Gasteiger partial charge in [0.1, 0.15) is 6.04 Å². The number of anilines is 2. The number of carbonyl (C=O) groups is 3. The molecular weight excluding hydrogens is 540 g/mol. The Balaban J connectivity index is 1.55. The van der Waals surface area contributed by atoms with Crippen molar-refractivity contribution >= 4 is 38.9 Å². The van der Waals surface area contributed by atoms with E-state index in [9.17, 15) is 22.8 Å². The number of aryl methyl sites for hydroxylation is 1. The molecule has 1 atom stereocenters. The summed E-state index contributed by atoms with van der Waals surface area (Å²) in [6, 6.07) is 17.1. The largest absolute Gasteiger partial charge is 0.370 e. The Labute approximate surface area is 240 Å². The molecule has 3 amide bonds. The Morgan fingerprint density at radius 3 is 2.41 bits per heavy atom. The highest BCUT2D eigenvalue weighted by Gasteiger charge is 2.29. The van der Waals surface area contributed by atoms with Gasteiger partial charge < -0.3 is 20.9 Å². The SMILES string of the molecule is CC(C)S(=O)(=O)c1ccc2cc1CN(C)C(=O)[C@H](Nc1ccc3c(c1)C(=O)NC3)c1ccc(cc1)CCCC(=O)N2. The number of rotatable bonds is 4. The van der Waals surface area contributed by atoms with Crippen molar-refractivity contribution in [2.24, 2.45) is 0 Å². The van der Waals surface area contributed by atoms with Gasteiger partial charge in [0.25, 0.3) is 5.91 Å². The van der Waals surface area contributed by atoms with Crippen LogP contribution in [-0.4, -0.2) is 43.3 Å².